The van der Waals surface area contributed by atoms with Crippen molar-refractivity contribution >= 4 is 5.57 Å². The molecule has 2 heteroatoms. The Morgan fingerprint density at radius 1 is 0.808 bits per heavy atom. The Bertz CT molecular complexity index is 943. The minimum atomic E-state index is 0.821. The number of fused-ring (bicyclic) bond motifs is 1. The zero-order chi connectivity index (χ0) is 18.2. The van der Waals surface area contributed by atoms with Crippen LogP contribution in [0.25, 0.3) is 5.57 Å². The van der Waals surface area contributed by atoms with Crippen molar-refractivity contribution in [3.05, 3.63) is 101 Å². The van der Waals surface area contributed by atoms with Gasteiger partial charge in [-0.2, -0.15) is 0 Å². The van der Waals surface area contributed by atoms with Crippen molar-refractivity contribution < 1.29 is 0 Å². The van der Waals surface area contributed by atoms with Crippen molar-refractivity contribution in [1.29, 1.82) is 0 Å². The molecule has 1 aliphatic carbocycles. The molecule has 2 aromatic heterocycles. The molecule has 0 fully saturated rings. The molecule has 1 aliphatic rings. The van der Waals surface area contributed by atoms with Gasteiger partial charge in [0, 0.05) is 23.2 Å². The summed E-state index contributed by atoms with van der Waals surface area (Å²) in [6.45, 7) is 3.99. The topological polar surface area (TPSA) is 25.8 Å². The van der Waals surface area contributed by atoms with Gasteiger partial charge in [-0.25, -0.2) is 4.98 Å². The number of nitrogens with zero attached hydrogens (tertiary/aromatic N) is 2. The van der Waals surface area contributed by atoms with E-state index in [9.17, 15) is 0 Å². The molecule has 0 spiro atoms. The van der Waals surface area contributed by atoms with Gasteiger partial charge in [0.1, 0.15) is 5.69 Å². The van der Waals surface area contributed by atoms with Crippen molar-refractivity contribution in [2.45, 2.75) is 26.7 Å². The summed E-state index contributed by atoms with van der Waals surface area (Å²) in [6, 6.07) is 20.3. The molecule has 0 aliphatic heterocycles. The van der Waals surface area contributed by atoms with Crippen molar-refractivity contribution in [3.63, 3.8) is 0 Å². The molecule has 4 rings (SSSR count). The fourth-order valence-electron chi connectivity index (χ4n) is 2.85. The van der Waals surface area contributed by atoms with E-state index < -0.39 is 0 Å². The summed E-state index contributed by atoms with van der Waals surface area (Å²) >= 11 is 0. The first kappa shape index (κ1) is 17.6. The van der Waals surface area contributed by atoms with Gasteiger partial charge >= 0.3 is 0 Å². The van der Waals surface area contributed by atoms with E-state index in [1.165, 1.54) is 11.1 Å². The Morgan fingerprint density at radius 3 is 2.27 bits per heavy atom. The molecule has 0 radical (unpaired) electrons. The van der Waals surface area contributed by atoms with Gasteiger partial charge in [-0.3, -0.25) is 4.98 Å². The van der Waals surface area contributed by atoms with Gasteiger partial charge in [0.05, 0.1) is 0 Å². The lowest BCUT2D eigenvalue weighted by atomic mass is 9.91. The van der Waals surface area contributed by atoms with Crippen molar-refractivity contribution in [2.24, 2.45) is 0 Å². The SMILES string of the molecule is C(#Cc1ccccn1)C1=CCCc2ccccc21.Cc1cccc(C)n1. The smallest absolute Gasteiger partial charge is 0.113 e. The van der Waals surface area contributed by atoms with E-state index in [2.05, 4.69) is 52.2 Å². The Balaban J connectivity index is 0.000000206. The minimum absolute atomic E-state index is 0.821. The zero-order valence-electron chi connectivity index (χ0n) is 15.2. The van der Waals surface area contributed by atoms with Crippen molar-refractivity contribution in [1.82, 2.24) is 9.97 Å². The summed E-state index contributed by atoms with van der Waals surface area (Å²) in [7, 11) is 0. The monoisotopic (exact) mass is 338 g/mol. The van der Waals surface area contributed by atoms with E-state index in [1.54, 1.807) is 6.20 Å². The van der Waals surface area contributed by atoms with Crippen LogP contribution < -0.4 is 0 Å². The van der Waals surface area contributed by atoms with Gasteiger partial charge in [0.25, 0.3) is 0 Å². The highest BCUT2D eigenvalue weighted by atomic mass is 14.7. The predicted molar refractivity (Wildman–Crippen MR) is 108 cm³/mol. The van der Waals surface area contributed by atoms with Crippen LogP contribution in [0.5, 0.6) is 0 Å². The predicted octanol–water partition coefficient (Wildman–Crippen LogP) is 5.16. The van der Waals surface area contributed by atoms with Crippen molar-refractivity contribution in [3.8, 4) is 11.8 Å². The van der Waals surface area contributed by atoms with Gasteiger partial charge in [0.15, 0.2) is 0 Å². The minimum Gasteiger partial charge on any atom is -0.258 e. The van der Waals surface area contributed by atoms with Gasteiger partial charge < -0.3 is 0 Å². The second-order valence-corrected chi connectivity index (χ2v) is 6.20. The number of rotatable bonds is 0. The first-order valence-corrected chi connectivity index (χ1v) is 8.84. The van der Waals surface area contributed by atoms with E-state index in [0.29, 0.717) is 0 Å². The molecule has 0 unspecified atom stereocenters. The summed E-state index contributed by atoms with van der Waals surface area (Å²) in [5.74, 6) is 6.37. The van der Waals surface area contributed by atoms with Crippen LogP contribution >= 0.6 is 0 Å². The van der Waals surface area contributed by atoms with E-state index in [-0.39, 0.29) is 0 Å². The maximum absolute atomic E-state index is 4.22. The highest BCUT2D eigenvalue weighted by Crippen LogP contribution is 2.25. The van der Waals surface area contributed by atoms with Gasteiger partial charge in [0.2, 0.25) is 0 Å². The molecule has 0 bridgehead atoms. The molecular weight excluding hydrogens is 316 g/mol. The second-order valence-electron chi connectivity index (χ2n) is 6.20. The lowest BCUT2D eigenvalue weighted by Gasteiger charge is -2.13. The van der Waals surface area contributed by atoms with Gasteiger partial charge in [-0.1, -0.05) is 48.4 Å². The fraction of sp³-hybridized carbons (Fsp3) is 0.167. The third-order valence-corrected chi connectivity index (χ3v) is 4.09. The van der Waals surface area contributed by atoms with Crippen molar-refractivity contribution in [2.75, 3.05) is 0 Å². The Hall–Kier alpha value is -3.18. The zero-order valence-corrected chi connectivity index (χ0v) is 15.2. The number of pyridine rings is 2. The van der Waals surface area contributed by atoms with Gasteiger partial charge in [-0.15, -0.1) is 0 Å². The van der Waals surface area contributed by atoms with E-state index in [0.717, 1.165) is 35.5 Å². The summed E-state index contributed by atoms with van der Waals surface area (Å²) in [4.78, 5) is 8.39. The molecule has 0 atom stereocenters. The first-order valence-electron chi connectivity index (χ1n) is 8.84. The summed E-state index contributed by atoms with van der Waals surface area (Å²) in [5.41, 5.74) is 6.79. The van der Waals surface area contributed by atoms with Crippen LogP contribution in [0.3, 0.4) is 0 Å². The summed E-state index contributed by atoms with van der Waals surface area (Å²) in [6.07, 6.45) is 6.18. The van der Waals surface area contributed by atoms with Crippen LogP contribution in [-0.2, 0) is 6.42 Å². The molecular formula is C24H22N2. The van der Waals surface area contributed by atoms with E-state index in [1.807, 2.05) is 50.2 Å². The maximum Gasteiger partial charge on any atom is 0.113 e. The third kappa shape index (κ3) is 4.91. The highest BCUT2D eigenvalue weighted by Gasteiger charge is 2.09. The Labute approximate surface area is 155 Å². The molecule has 2 heterocycles. The molecule has 0 saturated carbocycles. The fourth-order valence-corrected chi connectivity index (χ4v) is 2.85. The lowest BCUT2D eigenvalue weighted by molar-refractivity contribution is 0.981. The van der Waals surface area contributed by atoms with Crippen LogP contribution in [0.1, 0.15) is 34.6 Å². The van der Waals surface area contributed by atoms with E-state index in [4.69, 9.17) is 0 Å². The largest absolute Gasteiger partial charge is 0.258 e. The molecule has 1 aromatic carbocycles. The number of aromatic nitrogens is 2. The standard InChI is InChI=1S/C17H13N.C7H9N/c1-2-10-17-14(6-1)7-5-8-15(17)11-12-16-9-3-4-13-18-16;1-6-4-3-5-7(2)8-6/h1-4,6,8-10,13H,5,7H2;3-5H,1-2H3. The molecule has 26 heavy (non-hydrogen) atoms. The average molecular weight is 338 g/mol. The lowest BCUT2D eigenvalue weighted by Crippen LogP contribution is -1.97. The van der Waals surface area contributed by atoms with Gasteiger partial charge in [-0.05, 0) is 68.0 Å². The quantitative estimate of drug-likeness (QED) is 0.529. The Morgan fingerprint density at radius 2 is 1.58 bits per heavy atom. The molecule has 0 N–H and O–H groups in total. The number of hydrogen-bond donors (Lipinski definition) is 0. The number of benzene rings is 1. The van der Waals surface area contributed by atoms with Crippen LogP contribution in [0, 0.1) is 25.7 Å². The maximum atomic E-state index is 4.22. The molecule has 0 amide bonds. The molecule has 128 valence electrons. The number of allylic oxidation sites excluding steroid dienone is 2. The van der Waals surface area contributed by atoms with Crippen LogP contribution in [-0.4, -0.2) is 9.97 Å². The molecule has 0 saturated heterocycles. The third-order valence-electron chi connectivity index (χ3n) is 4.09. The summed E-state index contributed by atoms with van der Waals surface area (Å²) < 4.78 is 0. The molecule has 3 aromatic rings. The Kier molecular flexibility index (Phi) is 5.96. The number of hydrogen-bond acceptors (Lipinski definition) is 2. The van der Waals surface area contributed by atoms with Crippen LogP contribution in [0.15, 0.2) is 72.9 Å². The second kappa shape index (κ2) is 8.78. The van der Waals surface area contributed by atoms with Crippen LogP contribution in [0.4, 0.5) is 0 Å². The number of aryl methyl sites for hydroxylation is 3. The summed E-state index contributed by atoms with van der Waals surface area (Å²) in [5, 5.41) is 0. The highest BCUT2D eigenvalue weighted by molar-refractivity contribution is 5.82. The van der Waals surface area contributed by atoms with Crippen LogP contribution in [0.2, 0.25) is 0 Å². The molecule has 2 nitrogen and oxygen atoms in total. The van der Waals surface area contributed by atoms with E-state index >= 15 is 0 Å². The average Bonchev–Trinajstić information content (AvgIpc) is 2.67. The normalized spacial score (nSPS) is 11.8. The first-order chi connectivity index (χ1) is 12.7.